The normalized spacial score (nSPS) is 18.0. The Hall–Kier alpha value is -2.54. The predicted octanol–water partition coefficient (Wildman–Crippen LogP) is 3.03. The van der Waals surface area contributed by atoms with Gasteiger partial charge in [0.15, 0.2) is 0 Å². The van der Waals surface area contributed by atoms with Crippen molar-refractivity contribution in [1.82, 2.24) is 4.98 Å². The second-order valence-corrected chi connectivity index (χ2v) is 5.31. The third-order valence-electron chi connectivity index (χ3n) is 3.76. The molecule has 1 aliphatic rings. The van der Waals surface area contributed by atoms with Crippen LogP contribution in [0.3, 0.4) is 0 Å². The van der Waals surface area contributed by atoms with Crippen molar-refractivity contribution in [2.75, 3.05) is 23.3 Å². The molecule has 3 rings (SSSR count). The fraction of sp³-hybridized carbons (Fsp3) is 0.294. The highest BCUT2D eigenvalue weighted by Gasteiger charge is 2.20. The monoisotopic (exact) mass is 278 g/mol. The van der Waals surface area contributed by atoms with E-state index in [1.165, 1.54) is 0 Å². The van der Waals surface area contributed by atoms with Gasteiger partial charge in [-0.3, -0.25) is 0 Å². The summed E-state index contributed by atoms with van der Waals surface area (Å²) in [7, 11) is 0. The number of anilines is 2. The molecular formula is C17H18N4. The smallest absolute Gasteiger partial charge is 0.129 e. The van der Waals surface area contributed by atoms with Gasteiger partial charge in [0.1, 0.15) is 5.82 Å². The SMILES string of the molecule is N#Cc1ccnc(N2CCC[C@H](Nc3ccccc3)C2)c1. The van der Waals surface area contributed by atoms with Gasteiger partial charge in [-0.05, 0) is 37.1 Å². The Kier molecular flexibility index (Phi) is 4.02. The van der Waals surface area contributed by atoms with Crippen LogP contribution in [0.15, 0.2) is 48.7 Å². The van der Waals surface area contributed by atoms with Gasteiger partial charge in [-0.2, -0.15) is 5.26 Å². The van der Waals surface area contributed by atoms with Crippen molar-refractivity contribution in [3.05, 3.63) is 54.2 Å². The van der Waals surface area contributed by atoms with Crippen LogP contribution in [0, 0.1) is 11.3 Å². The van der Waals surface area contributed by atoms with Crippen molar-refractivity contribution in [1.29, 1.82) is 5.26 Å². The Morgan fingerprint density at radius 1 is 1.24 bits per heavy atom. The maximum Gasteiger partial charge on any atom is 0.129 e. The van der Waals surface area contributed by atoms with Crippen molar-refractivity contribution >= 4 is 11.5 Å². The second kappa shape index (κ2) is 6.27. The highest BCUT2D eigenvalue weighted by Crippen LogP contribution is 2.21. The van der Waals surface area contributed by atoms with Gasteiger partial charge in [0.05, 0.1) is 11.6 Å². The van der Waals surface area contributed by atoms with E-state index in [0.29, 0.717) is 11.6 Å². The van der Waals surface area contributed by atoms with Crippen LogP contribution in [0.1, 0.15) is 18.4 Å². The first-order chi connectivity index (χ1) is 10.3. The number of piperidine rings is 1. The number of hydrogen-bond donors (Lipinski definition) is 1. The van der Waals surface area contributed by atoms with Gasteiger partial charge in [0, 0.05) is 31.0 Å². The standard InChI is InChI=1S/C17H18N4/c18-12-14-8-9-19-17(11-14)21-10-4-7-16(13-21)20-15-5-2-1-3-6-15/h1-3,5-6,8-9,11,16,20H,4,7,10,13H2/t16-/m0/s1. The van der Waals surface area contributed by atoms with Gasteiger partial charge in [0.2, 0.25) is 0 Å². The molecule has 1 aromatic heterocycles. The van der Waals surface area contributed by atoms with E-state index in [2.05, 4.69) is 33.4 Å². The average Bonchev–Trinajstić information content (AvgIpc) is 2.56. The summed E-state index contributed by atoms with van der Waals surface area (Å²) in [5.74, 6) is 0.897. The molecule has 2 aromatic rings. The number of pyridine rings is 1. The van der Waals surface area contributed by atoms with Crippen LogP contribution >= 0.6 is 0 Å². The largest absolute Gasteiger partial charge is 0.381 e. The molecule has 1 N–H and O–H groups in total. The molecule has 0 aliphatic carbocycles. The van der Waals surface area contributed by atoms with Gasteiger partial charge >= 0.3 is 0 Å². The number of benzene rings is 1. The molecule has 1 saturated heterocycles. The first-order valence-corrected chi connectivity index (χ1v) is 7.28. The van der Waals surface area contributed by atoms with E-state index >= 15 is 0 Å². The quantitative estimate of drug-likeness (QED) is 0.937. The lowest BCUT2D eigenvalue weighted by atomic mass is 10.0. The zero-order valence-electron chi connectivity index (χ0n) is 11.9. The van der Waals surface area contributed by atoms with Gasteiger partial charge in [-0.15, -0.1) is 0 Å². The van der Waals surface area contributed by atoms with Crippen LogP contribution in [0.25, 0.3) is 0 Å². The van der Waals surface area contributed by atoms with E-state index in [1.807, 2.05) is 24.3 Å². The first-order valence-electron chi connectivity index (χ1n) is 7.28. The number of rotatable bonds is 3. The maximum atomic E-state index is 9.00. The Bertz CT molecular complexity index is 633. The van der Waals surface area contributed by atoms with Crippen LogP contribution in [-0.4, -0.2) is 24.1 Å². The highest BCUT2D eigenvalue weighted by atomic mass is 15.2. The molecule has 0 amide bonds. The van der Waals surface area contributed by atoms with Crippen LogP contribution in [-0.2, 0) is 0 Å². The molecule has 1 atom stereocenters. The van der Waals surface area contributed by atoms with E-state index in [0.717, 1.165) is 37.4 Å². The van der Waals surface area contributed by atoms with E-state index in [4.69, 9.17) is 5.26 Å². The molecule has 0 spiro atoms. The third kappa shape index (κ3) is 3.32. The topological polar surface area (TPSA) is 52.0 Å². The maximum absolute atomic E-state index is 9.00. The second-order valence-electron chi connectivity index (χ2n) is 5.31. The summed E-state index contributed by atoms with van der Waals surface area (Å²) in [6.45, 7) is 1.91. The van der Waals surface area contributed by atoms with Crippen molar-refractivity contribution in [2.45, 2.75) is 18.9 Å². The number of aromatic nitrogens is 1. The summed E-state index contributed by atoms with van der Waals surface area (Å²) < 4.78 is 0. The predicted molar refractivity (Wildman–Crippen MR) is 84.3 cm³/mol. The number of nitrogens with zero attached hydrogens (tertiary/aromatic N) is 3. The molecule has 0 unspecified atom stereocenters. The van der Waals surface area contributed by atoms with Crippen molar-refractivity contribution < 1.29 is 0 Å². The molecule has 1 aliphatic heterocycles. The molecule has 2 heterocycles. The third-order valence-corrected chi connectivity index (χ3v) is 3.76. The molecular weight excluding hydrogens is 260 g/mol. The summed E-state index contributed by atoms with van der Waals surface area (Å²) in [5.41, 5.74) is 1.82. The lowest BCUT2D eigenvalue weighted by molar-refractivity contribution is 0.527. The molecule has 4 nitrogen and oxygen atoms in total. The fourth-order valence-corrected chi connectivity index (χ4v) is 2.73. The van der Waals surface area contributed by atoms with E-state index in [1.54, 1.807) is 12.3 Å². The van der Waals surface area contributed by atoms with Crippen molar-refractivity contribution in [3.8, 4) is 6.07 Å². The van der Waals surface area contributed by atoms with Gasteiger partial charge < -0.3 is 10.2 Å². The summed E-state index contributed by atoms with van der Waals surface area (Å²) in [5, 5.41) is 12.6. The van der Waals surface area contributed by atoms with Crippen molar-refractivity contribution in [2.24, 2.45) is 0 Å². The molecule has 1 fully saturated rings. The number of para-hydroxylation sites is 1. The van der Waals surface area contributed by atoms with Crippen LogP contribution in [0.4, 0.5) is 11.5 Å². The zero-order chi connectivity index (χ0) is 14.5. The van der Waals surface area contributed by atoms with E-state index in [9.17, 15) is 0 Å². The van der Waals surface area contributed by atoms with Crippen molar-refractivity contribution in [3.63, 3.8) is 0 Å². The van der Waals surface area contributed by atoms with E-state index in [-0.39, 0.29) is 0 Å². The van der Waals surface area contributed by atoms with Gasteiger partial charge in [-0.1, -0.05) is 18.2 Å². The molecule has 0 radical (unpaired) electrons. The summed E-state index contributed by atoms with van der Waals surface area (Å²) >= 11 is 0. The Labute approximate surface area is 125 Å². The number of nitriles is 1. The molecule has 106 valence electrons. The minimum atomic E-state index is 0.411. The first kappa shape index (κ1) is 13.4. The average molecular weight is 278 g/mol. The number of hydrogen-bond acceptors (Lipinski definition) is 4. The lowest BCUT2D eigenvalue weighted by Crippen LogP contribution is -2.42. The summed E-state index contributed by atoms with van der Waals surface area (Å²) in [4.78, 5) is 6.65. The zero-order valence-corrected chi connectivity index (χ0v) is 11.9. The Balaban J connectivity index is 1.69. The minimum Gasteiger partial charge on any atom is -0.381 e. The molecule has 4 heteroatoms. The number of nitrogens with one attached hydrogen (secondary N) is 1. The molecule has 21 heavy (non-hydrogen) atoms. The van der Waals surface area contributed by atoms with Crippen LogP contribution in [0.2, 0.25) is 0 Å². The Morgan fingerprint density at radius 3 is 2.90 bits per heavy atom. The lowest BCUT2D eigenvalue weighted by Gasteiger charge is -2.34. The molecule has 1 aromatic carbocycles. The fourth-order valence-electron chi connectivity index (χ4n) is 2.73. The Morgan fingerprint density at radius 2 is 2.10 bits per heavy atom. The molecule has 0 bridgehead atoms. The van der Waals surface area contributed by atoms with Crippen LogP contribution in [0.5, 0.6) is 0 Å². The minimum absolute atomic E-state index is 0.411. The summed E-state index contributed by atoms with van der Waals surface area (Å²) in [6, 6.07) is 16.5. The highest BCUT2D eigenvalue weighted by molar-refractivity contribution is 5.48. The molecule has 0 saturated carbocycles. The summed E-state index contributed by atoms with van der Waals surface area (Å²) in [6.07, 6.45) is 3.99. The van der Waals surface area contributed by atoms with Gasteiger partial charge in [-0.25, -0.2) is 4.98 Å². The van der Waals surface area contributed by atoms with E-state index < -0.39 is 0 Å². The van der Waals surface area contributed by atoms with Crippen LogP contribution < -0.4 is 10.2 Å². The van der Waals surface area contributed by atoms with Gasteiger partial charge in [0.25, 0.3) is 0 Å².